The maximum absolute atomic E-state index is 10.9. The van der Waals surface area contributed by atoms with Gasteiger partial charge in [0.1, 0.15) is 0 Å². The highest BCUT2D eigenvalue weighted by Crippen LogP contribution is 2.26. The van der Waals surface area contributed by atoms with Gasteiger partial charge in [0.25, 0.3) is 10.1 Å². The highest BCUT2D eigenvalue weighted by molar-refractivity contribution is 7.89. The Morgan fingerprint density at radius 2 is 2.23 bits per heavy atom. The summed E-state index contributed by atoms with van der Waals surface area (Å²) in [5.74, 6) is 0. The van der Waals surface area contributed by atoms with Crippen LogP contribution >= 0.6 is 0 Å². The topological polar surface area (TPSA) is 54.4 Å². The van der Waals surface area contributed by atoms with Gasteiger partial charge in [-0.3, -0.25) is 4.55 Å². The second kappa shape index (κ2) is 4.07. The zero-order valence-corrected chi connectivity index (χ0v) is 8.47. The van der Waals surface area contributed by atoms with Crippen LogP contribution in [0.5, 0.6) is 0 Å². The van der Waals surface area contributed by atoms with E-state index in [1.54, 1.807) is 12.2 Å². The molecule has 3 nitrogen and oxygen atoms in total. The van der Waals surface area contributed by atoms with E-state index in [1.165, 1.54) is 0 Å². The SMILES string of the molecule is CCCCC1=C(S(=O)(=O)O)CC=C1. The molecular formula is C9H14O3S. The van der Waals surface area contributed by atoms with Crippen molar-refractivity contribution in [3.63, 3.8) is 0 Å². The first-order valence-corrected chi connectivity index (χ1v) is 5.85. The molecule has 13 heavy (non-hydrogen) atoms. The van der Waals surface area contributed by atoms with Crippen molar-refractivity contribution >= 4 is 10.1 Å². The van der Waals surface area contributed by atoms with Crippen molar-refractivity contribution in [2.24, 2.45) is 0 Å². The normalized spacial score (nSPS) is 17.1. The fraction of sp³-hybridized carbons (Fsp3) is 0.556. The monoisotopic (exact) mass is 202 g/mol. The Morgan fingerprint density at radius 3 is 2.77 bits per heavy atom. The van der Waals surface area contributed by atoms with E-state index in [2.05, 4.69) is 0 Å². The first-order chi connectivity index (χ1) is 6.05. The summed E-state index contributed by atoms with van der Waals surface area (Å²) < 4.78 is 30.6. The third kappa shape index (κ3) is 2.67. The van der Waals surface area contributed by atoms with Crippen molar-refractivity contribution in [3.8, 4) is 0 Å². The van der Waals surface area contributed by atoms with Crippen LogP contribution in [0.3, 0.4) is 0 Å². The lowest BCUT2D eigenvalue weighted by molar-refractivity contribution is 0.489. The van der Waals surface area contributed by atoms with Gasteiger partial charge in [0, 0.05) is 6.42 Å². The van der Waals surface area contributed by atoms with Gasteiger partial charge in [0.15, 0.2) is 0 Å². The minimum absolute atomic E-state index is 0.181. The molecule has 0 bridgehead atoms. The molecule has 0 saturated carbocycles. The van der Waals surface area contributed by atoms with Crippen molar-refractivity contribution in [2.45, 2.75) is 32.6 Å². The van der Waals surface area contributed by atoms with Crippen LogP contribution in [0.1, 0.15) is 32.6 Å². The van der Waals surface area contributed by atoms with Crippen LogP contribution in [-0.4, -0.2) is 13.0 Å². The molecule has 74 valence electrons. The minimum atomic E-state index is -3.97. The largest absolute Gasteiger partial charge is 0.291 e. The van der Waals surface area contributed by atoms with Crippen LogP contribution in [0.4, 0.5) is 0 Å². The number of rotatable bonds is 4. The van der Waals surface area contributed by atoms with Gasteiger partial charge in [-0.05, 0) is 18.4 Å². The summed E-state index contributed by atoms with van der Waals surface area (Å²) in [5, 5.41) is 0. The summed E-state index contributed by atoms with van der Waals surface area (Å²) in [5.41, 5.74) is 0.768. The molecule has 4 heteroatoms. The fourth-order valence-electron chi connectivity index (χ4n) is 1.39. The molecule has 1 aliphatic rings. The summed E-state index contributed by atoms with van der Waals surface area (Å²) in [6.45, 7) is 2.05. The molecule has 0 aromatic carbocycles. The predicted octanol–water partition coefficient (Wildman–Crippen LogP) is 2.28. The lowest BCUT2D eigenvalue weighted by Crippen LogP contribution is -2.01. The molecule has 0 heterocycles. The van der Waals surface area contributed by atoms with Crippen LogP contribution in [0.25, 0.3) is 0 Å². The Morgan fingerprint density at radius 1 is 1.54 bits per heavy atom. The summed E-state index contributed by atoms with van der Waals surface area (Å²) in [6, 6.07) is 0. The van der Waals surface area contributed by atoms with Crippen LogP contribution in [0, 0.1) is 0 Å². The molecule has 0 unspecified atom stereocenters. The molecule has 1 rings (SSSR count). The summed E-state index contributed by atoms with van der Waals surface area (Å²) in [7, 11) is -3.97. The molecule has 0 aromatic heterocycles. The maximum atomic E-state index is 10.9. The van der Waals surface area contributed by atoms with Crippen LogP contribution < -0.4 is 0 Å². The quantitative estimate of drug-likeness (QED) is 0.711. The van der Waals surface area contributed by atoms with Crippen molar-refractivity contribution in [3.05, 3.63) is 22.6 Å². The molecule has 0 aromatic rings. The first-order valence-electron chi connectivity index (χ1n) is 4.41. The number of hydrogen-bond acceptors (Lipinski definition) is 2. The minimum Gasteiger partial charge on any atom is -0.282 e. The number of hydrogen-bond donors (Lipinski definition) is 1. The zero-order valence-electron chi connectivity index (χ0n) is 7.66. The Kier molecular flexibility index (Phi) is 3.27. The van der Waals surface area contributed by atoms with E-state index in [1.807, 2.05) is 6.92 Å². The van der Waals surface area contributed by atoms with E-state index >= 15 is 0 Å². The lowest BCUT2D eigenvalue weighted by Gasteiger charge is -2.02. The molecule has 0 saturated heterocycles. The molecule has 1 aliphatic carbocycles. The third-order valence-electron chi connectivity index (χ3n) is 2.09. The highest BCUT2D eigenvalue weighted by Gasteiger charge is 2.19. The number of allylic oxidation sites excluding steroid dienone is 4. The summed E-state index contributed by atoms with van der Waals surface area (Å²) in [6.07, 6.45) is 6.63. The van der Waals surface area contributed by atoms with E-state index in [-0.39, 0.29) is 4.91 Å². The van der Waals surface area contributed by atoms with Gasteiger partial charge in [-0.15, -0.1) is 0 Å². The molecule has 0 fully saturated rings. The van der Waals surface area contributed by atoms with Gasteiger partial charge < -0.3 is 0 Å². The van der Waals surface area contributed by atoms with E-state index < -0.39 is 10.1 Å². The number of unbranched alkanes of at least 4 members (excludes halogenated alkanes) is 1. The summed E-state index contributed by atoms with van der Waals surface area (Å²) >= 11 is 0. The van der Waals surface area contributed by atoms with E-state index in [9.17, 15) is 8.42 Å². The van der Waals surface area contributed by atoms with Gasteiger partial charge in [-0.1, -0.05) is 25.5 Å². The standard InChI is InChI=1S/C9H14O3S/c1-2-3-5-8-6-4-7-9(8)13(10,11)12/h4,6H,2-3,5,7H2,1H3,(H,10,11,12). The average molecular weight is 202 g/mol. The maximum Gasteiger partial charge on any atom is 0.291 e. The van der Waals surface area contributed by atoms with Crippen LogP contribution in [0.2, 0.25) is 0 Å². The molecular weight excluding hydrogens is 188 g/mol. The van der Waals surface area contributed by atoms with Gasteiger partial charge in [0.05, 0.1) is 4.91 Å². The lowest BCUT2D eigenvalue weighted by atomic mass is 10.1. The van der Waals surface area contributed by atoms with E-state index in [0.717, 1.165) is 24.8 Å². The van der Waals surface area contributed by atoms with Gasteiger partial charge in [0.2, 0.25) is 0 Å². The average Bonchev–Trinajstić information content (AvgIpc) is 2.47. The second-order valence-electron chi connectivity index (χ2n) is 3.13. The molecule has 0 atom stereocenters. The zero-order chi connectivity index (χ0) is 9.90. The van der Waals surface area contributed by atoms with Gasteiger partial charge in [-0.2, -0.15) is 8.42 Å². The van der Waals surface area contributed by atoms with Crippen LogP contribution in [-0.2, 0) is 10.1 Å². The Hall–Kier alpha value is -0.610. The van der Waals surface area contributed by atoms with Crippen LogP contribution in [0.15, 0.2) is 22.6 Å². The first kappa shape index (κ1) is 10.5. The van der Waals surface area contributed by atoms with Crippen molar-refractivity contribution in [2.75, 3.05) is 0 Å². The highest BCUT2D eigenvalue weighted by atomic mass is 32.2. The van der Waals surface area contributed by atoms with Crippen molar-refractivity contribution in [1.82, 2.24) is 0 Å². The Labute approximate surface area is 78.9 Å². The third-order valence-corrected chi connectivity index (χ3v) is 3.14. The van der Waals surface area contributed by atoms with Crippen molar-refractivity contribution in [1.29, 1.82) is 0 Å². The Bertz CT molecular complexity index is 336. The second-order valence-corrected chi connectivity index (χ2v) is 4.58. The molecule has 0 spiro atoms. The smallest absolute Gasteiger partial charge is 0.282 e. The molecule has 0 amide bonds. The van der Waals surface area contributed by atoms with Crippen molar-refractivity contribution < 1.29 is 13.0 Å². The molecule has 0 radical (unpaired) electrons. The predicted molar refractivity (Wildman–Crippen MR) is 51.9 cm³/mol. The van der Waals surface area contributed by atoms with E-state index in [0.29, 0.717) is 6.42 Å². The molecule has 0 aliphatic heterocycles. The Balaban J connectivity index is 2.82. The molecule has 1 N–H and O–H groups in total. The summed E-state index contributed by atoms with van der Waals surface area (Å²) in [4.78, 5) is 0.181. The van der Waals surface area contributed by atoms with E-state index in [4.69, 9.17) is 4.55 Å². The van der Waals surface area contributed by atoms with Gasteiger partial charge >= 0.3 is 0 Å². The fourth-order valence-corrected chi connectivity index (χ4v) is 2.20. The van der Waals surface area contributed by atoms with Gasteiger partial charge in [-0.25, -0.2) is 0 Å².